The Balaban J connectivity index is 1.87. The Kier molecular flexibility index (Phi) is 4.68. The fourth-order valence-corrected chi connectivity index (χ4v) is 2.29. The van der Waals surface area contributed by atoms with Crippen LogP contribution in [0, 0.1) is 0 Å². The average molecular weight is 327 g/mol. The highest BCUT2D eigenvalue weighted by Crippen LogP contribution is 2.25. The van der Waals surface area contributed by atoms with Gasteiger partial charge in [0.15, 0.2) is 17.4 Å². The van der Waals surface area contributed by atoms with Crippen molar-refractivity contribution in [3.05, 3.63) is 65.4 Å². The van der Waals surface area contributed by atoms with E-state index in [-0.39, 0.29) is 0 Å². The van der Waals surface area contributed by atoms with Crippen LogP contribution in [0.2, 0.25) is 5.02 Å². The maximum absolute atomic E-state index is 6.18. The van der Waals surface area contributed by atoms with Crippen molar-refractivity contribution in [2.24, 2.45) is 0 Å². The average Bonchev–Trinajstić information content (AvgIpc) is 2.61. The fraction of sp³-hybridized carbons (Fsp3) is 0.118. The maximum Gasteiger partial charge on any atom is 0.180 e. The van der Waals surface area contributed by atoms with Gasteiger partial charge in [0, 0.05) is 17.8 Å². The minimum Gasteiger partial charge on any atom is -0.491 e. The first kappa shape index (κ1) is 15.2. The summed E-state index contributed by atoms with van der Waals surface area (Å²) in [6, 6.07) is 13.3. The molecule has 0 saturated carbocycles. The van der Waals surface area contributed by atoms with E-state index in [2.05, 4.69) is 20.3 Å². The van der Waals surface area contributed by atoms with Crippen molar-refractivity contribution >= 4 is 17.4 Å². The van der Waals surface area contributed by atoms with Gasteiger partial charge in [0.2, 0.25) is 0 Å². The van der Waals surface area contributed by atoms with Crippen molar-refractivity contribution in [1.82, 2.24) is 15.0 Å². The van der Waals surface area contributed by atoms with E-state index in [1.807, 2.05) is 42.5 Å². The molecule has 23 heavy (non-hydrogen) atoms. The smallest absolute Gasteiger partial charge is 0.180 e. The molecule has 0 saturated heterocycles. The number of halogens is 1. The molecule has 0 unspecified atom stereocenters. The van der Waals surface area contributed by atoms with Gasteiger partial charge in [-0.15, -0.1) is 0 Å². The number of hydrogen-bond donors (Lipinski definition) is 1. The zero-order valence-electron chi connectivity index (χ0n) is 12.5. The number of methoxy groups -OCH3 is 1. The van der Waals surface area contributed by atoms with Crippen LogP contribution in [0.15, 0.2) is 54.9 Å². The van der Waals surface area contributed by atoms with Crippen LogP contribution in [0.5, 0.6) is 5.75 Å². The summed E-state index contributed by atoms with van der Waals surface area (Å²) in [5.74, 6) is 1.70. The van der Waals surface area contributed by atoms with Crippen molar-refractivity contribution in [3.63, 3.8) is 0 Å². The van der Waals surface area contributed by atoms with Crippen LogP contribution >= 0.6 is 11.6 Å². The lowest BCUT2D eigenvalue weighted by Crippen LogP contribution is -2.06. The summed E-state index contributed by atoms with van der Waals surface area (Å²) in [7, 11) is 1.58. The van der Waals surface area contributed by atoms with Crippen LogP contribution in [-0.2, 0) is 6.54 Å². The van der Waals surface area contributed by atoms with Crippen LogP contribution in [0.25, 0.3) is 11.5 Å². The Morgan fingerprint density at radius 3 is 2.65 bits per heavy atom. The lowest BCUT2D eigenvalue weighted by molar-refractivity contribution is 0.413. The highest BCUT2D eigenvalue weighted by molar-refractivity contribution is 6.31. The molecule has 0 atom stereocenters. The number of pyridine rings is 1. The zero-order valence-corrected chi connectivity index (χ0v) is 13.3. The van der Waals surface area contributed by atoms with E-state index >= 15 is 0 Å². The molecule has 1 N–H and O–H groups in total. The molecule has 0 bridgehead atoms. The Morgan fingerprint density at radius 2 is 1.91 bits per heavy atom. The van der Waals surface area contributed by atoms with E-state index in [0.29, 0.717) is 34.7 Å². The molecule has 6 heteroatoms. The maximum atomic E-state index is 6.18. The standard InChI is InChI=1S/C17H15ClN4O/c1-23-15-11-21-16(14-8-4-5-9-19-14)22-17(15)20-10-12-6-2-3-7-13(12)18/h2-9,11H,10H2,1H3,(H,20,21,22). The number of benzene rings is 1. The molecule has 0 fully saturated rings. The van der Waals surface area contributed by atoms with E-state index in [9.17, 15) is 0 Å². The Bertz CT molecular complexity index is 796. The van der Waals surface area contributed by atoms with Crippen LogP contribution in [0.1, 0.15) is 5.56 Å². The van der Waals surface area contributed by atoms with Gasteiger partial charge in [-0.1, -0.05) is 35.9 Å². The van der Waals surface area contributed by atoms with Gasteiger partial charge in [0.1, 0.15) is 5.69 Å². The highest BCUT2D eigenvalue weighted by Gasteiger charge is 2.10. The van der Waals surface area contributed by atoms with Crippen molar-refractivity contribution in [2.45, 2.75) is 6.54 Å². The number of aromatic nitrogens is 3. The first-order valence-corrected chi connectivity index (χ1v) is 7.45. The van der Waals surface area contributed by atoms with Gasteiger partial charge in [0.25, 0.3) is 0 Å². The second kappa shape index (κ2) is 7.07. The van der Waals surface area contributed by atoms with Gasteiger partial charge in [-0.3, -0.25) is 4.98 Å². The van der Waals surface area contributed by atoms with E-state index in [4.69, 9.17) is 16.3 Å². The van der Waals surface area contributed by atoms with Crippen molar-refractivity contribution < 1.29 is 4.74 Å². The summed E-state index contributed by atoms with van der Waals surface area (Å²) >= 11 is 6.18. The first-order chi connectivity index (χ1) is 11.3. The molecule has 1 aromatic carbocycles. The summed E-state index contributed by atoms with van der Waals surface area (Å²) in [6.07, 6.45) is 3.34. The topological polar surface area (TPSA) is 59.9 Å². The quantitative estimate of drug-likeness (QED) is 0.772. The molecule has 0 aliphatic carbocycles. The summed E-state index contributed by atoms with van der Waals surface area (Å²) < 4.78 is 5.31. The second-order valence-corrected chi connectivity index (χ2v) is 5.18. The summed E-state index contributed by atoms with van der Waals surface area (Å²) in [5.41, 5.74) is 1.69. The van der Waals surface area contributed by atoms with E-state index < -0.39 is 0 Å². The van der Waals surface area contributed by atoms with Gasteiger partial charge in [-0.05, 0) is 23.8 Å². The number of hydrogen-bond acceptors (Lipinski definition) is 5. The summed E-state index contributed by atoms with van der Waals surface area (Å²) in [5, 5.41) is 3.95. The largest absolute Gasteiger partial charge is 0.491 e. The normalized spacial score (nSPS) is 10.3. The van der Waals surface area contributed by atoms with Crippen LogP contribution in [-0.4, -0.2) is 22.1 Å². The van der Waals surface area contributed by atoms with Gasteiger partial charge >= 0.3 is 0 Å². The van der Waals surface area contributed by atoms with E-state index in [0.717, 1.165) is 5.56 Å². The molecule has 0 aliphatic heterocycles. The Labute approximate surface area is 139 Å². The monoisotopic (exact) mass is 326 g/mol. The second-order valence-electron chi connectivity index (χ2n) is 4.77. The number of nitrogens with zero attached hydrogens (tertiary/aromatic N) is 3. The minimum absolute atomic E-state index is 0.535. The van der Waals surface area contributed by atoms with Crippen LogP contribution in [0.4, 0.5) is 5.82 Å². The first-order valence-electron chi connectivity index (χ1n) is 7.07. The van der Waals surface area contributed by atoms with E-state index in [1.165, 1.54) is 0 Å². The Morgan fingerprint density at radius 1 is 1.09 bits per heavy atom. The third-order valence-electron chi connectivity index (χ3n) is 3.27. The Hall–Kier alpha value is -2.66. The molecule has 0 aliphatic rings. The van der Waals surface area contributed by atoms with Crippen molar-refractivity contribution in [2.75, 3.05) is 12.4 Å². The molecule has 2 aromatic heterocycles. The third kappa shape index (κ3) is 3.57. The highest BCUT2D eigenvalue weighted by atomic mass is 35.5. The number of rotatable bonds is 5. The van der Waals surface area contributed by atoms with Crippen LogP contribution in [0.3, 0.4) is 0 Å². The molecule has 3 rings (SSSR count). The predicted octanol–water partition coefficient (Wildman–Crippen LogP) is 3.81. The molecule has 116 valence electrons. The van der Waals surface area contributed by atoms with Gasteiger partial charge in [-0.2, -0.15) is 0 Å². The van der Waals surface area contributed by atoms with Crippen molar-refractivity contribution in [3.8, 4) is 17.3 Å². The molecule has 3 aromatic rings. The zero-order chi connectivity index (χ0) is 16.1. The molecule has 2 heterocycles. The van der Waals surface area contributed by atoms with Crippen molar-refractivity contribution in [1.29, 1.82) is 0 Å². The number of ether oxygens (including phenoxy) is 1. The minimum atomic E-state index is 0.535. The third-order valence-corrected chi connectivity index (χ3v) is 3.64. The van der Waals surface area contributed by atoms with Gasteiger partial charge < -0.3 is 10.1 Å². The molecule has 0 amide bonds. The number of anilines is 1. The van der Waals surface area contributed by atoms with Gasteiger partial charge in [0.05, 0.1) is 13.3 Å². The summed E-state index contributed by atoms with van der Waals surface area (Å²) in [6.45, 7) is 0.536. The lowest BCUT2D eigenvalue weighted by Gasteiger charge is -2.11. The van der Waals surface area contributed by atoms with E-state index in [1.54, 1.807) is 19.5 Å². The molecule has 0 radical (unpaired) electrons. The molecule has 5 nitrogen and oxygen atoms in total. The molecule has 0 spiro atoms. The number of nitrogens with one attached hydrogen (secondary N) is 1. The summed E-state index contributed by atoms with van der Waals surface area (Å²) in [4.78, 5) is 13.1. The predicted molar refractivity (Wildman–Crippen MR) is 90.6 cm³/mol. The fourth-order valence-electron chi connectivity index (χ4n) is 2.09. The van der Waals surface area contributed by atoms with Gasteiger partial charge in [-0.25, -0.2) is 9.97 Å². The molecular weight excluding hydrogens is 312 g/mol. The lowest BCUT2D eigenvalue weighted by atomic mass is 10.2. The van der Waals surface area contributed by atoms with Crippen LogP contribution < -0.4 is 10.1 Å². The SMILES string of the molecule is COc1cnc(-c2ccccn2)nc1NCc1ccccc1Cl. The molecular formula is C17H15ClN4O.